The van der Waals surface area contributed by atoms with E-state index in [2.05, 4.69) is 60.5 Å². The highest BCUT2D eigenvalue weighted by atomic mass is 15.1. The van der Waals surface area contributed by atoms with Crippen molar-refractivity contribution in [2.75, 3.05) is 0 Å². The minimum absolute atomic E-state index is 0.393. The van der Waals surface area contributed by atoms with Gasteiger partial charge < -0.3 is 9.13 Å². The number of hydrogen-bond donors (Lipinski definition) is 0. The molecule has 5 aromatic carbocycles. The zero-order chi connectivity index (χ0) is 31.5. The van der Waals surface area contributed by atoms with Gasteiger partial charge in [0, 0.05) is 27.1 Å². The molecule has 3 heterocycles. The van der Waals surface area contributed by atoms with E-state index >= 15 is 0 Å². The SMILES string of the molecule is Cc1nc(C)nc(-c2cc(-n3c4ccccc4c4ccc(C#N)cc43)c(-n3c4ccccc4c4ccc(C#N)cc43)cc2C#N)n1. The van der Waals surface area contributed by atoms with Crippen molar-refractivity contribution in [1.82, 2.24) is 24.1 Å². The molecule has 214 valence electrons. The first-order valence-corrected chi connectivity index (χ1v) is 14.6. The minimum atomic E-state index is 0.393. The Bertz CT molecular complexity index is 2690. The van der Waals surface area contributed by atoms with Crippen LogP contribution in [0.1, 0.15) is 28.3 Å². The number of benzene rings is 5. The van der Waals surface area contributed by atoms with Gasteiger partial charge in [-0.3, -0.25) is 0 Å². The monoisotopic (exact) mass is 590 g/mol. The van der Waals surface area contributed by atoms with Crippen LogP contribution in [-0.4, -0.2) is 24.1 Å². The number of hydrogen-bond acceptors (Lipinski definition) is 6. The van der Waals surface area contributed by atoms with Crippen LogP contribution in [-0.2, 0) is 0 Å². The molecule has 8 heteroatoms. The van der Waals surface area contributed by atoms with E-state index in [4.69, 9.17) is 0 Å². The Labute approximate surface area is 263 Å². The average Bonchev–Trinajstić information content (AvgIpc) is 3.59. The van der Waals surface area contributed by atoms with Crippen LogP contribution in [0.25, 0.3) is 66.4 Å². The summed E-state index contributed by atoms with van der Waals surface area (Å²) >= 11 is 0. The molecule has 0 radical (unpaired) electrons. The van der Waals surface area contributed by atoms with Crippen LogP contribution in [0.2, 0.25) is 0 Å². The molecule has 0 spiro atoms. The van der Waals surface area contributed by atoms with Crippen molar-refractivity contribution in [3.8, 4) is 41.0 Å². The Hall–Kier alpha value is -6.82. The van der Waals surface area contributed by atoms with Gasteiger partial charge in [-0.1, -0.05) is 48.5 Å². The van der Waals surface area contributed by atoms with Gasteiger partial charge >= 0.3 is 0 Å². The van der Waals surface area contributed by atoms with Crippen molar-refractivity contribution in [3.63, 3.8) is 0 Å². The first-order chi connectivity index (χ1) is 22.5. The van der Waals surface area contributed by atoms with Crippen molar-refractivity contribution in [1.29, 1.82) is 15.8 Å². The van der Waals surface area contributed by atoms with E-state index in [9.17, 15) is 15.8 Å². The van der Waals surface area contributed by atoms with Gasteiger partial charge in [0.1, 0.15) is 11.6 Å². The third kappa shape index (κ3) is 3.94. The zero-order valence-electron chi connectivity index (χ0n) is 24.8. The fourth-order valence-corrected chi connectivity index (χ4v) is 6.55. The summed E-state index contributed by atoms with van der Waals surface area (Å²) in [5.41, 5.74) is 7.06. The van der Waals surface area contributed by atoms with Gasteiger partial charge in [0.15, 0.2) is 5.82 Å². The van der Waals surface area contributed by atoms with Crippen molar-refractivity contribution < 1.29 is 0 Å². The summed E-state index contributed by atoms with van der Waals surface area (Å²) in [5, 5.41) is 34.3. The topological polar surface area (TPSA) is 120 Å². The second-order valence-electron chi connectivity index (χ2n) is 11.1. The highest BCUT2D eigenvalue weighted by Gasteiger charge is 2.23. The molecule has 0 N–H and O–H groups in total. The lowest BCUT2D eigenvalue weighted by molar-refractivity contribution is 0.927. The van der Waals surface area contributed by atoms with Crippen molar-refractivity contribution in [3.05, 3.63) is 125 Å². The highest BCUT2D eigenvalue weighted by Crippen LogP contribution is 2.40. The van der Waals surface area contributed by atoms with E-state index in [0.29, 0.717) is 39.7 Å². The van der Waals surface area contributed by atoms with E-state index in [1.165, 1.54) is 0 Å². The van der Waals surface area contributed by atoms with Crippen LogP contribution in [0.3, 0.4) is 0 Å². The molecular formula is C38H22N8. The summed E-state index contributed by atoms with van der Waals surface area (Å²) < 4.78 is 4.26. The van der Waals surface area contributed by atoms with E-state index in [1.807, 2.05) is 78.9 Å². The molecule has 46 heavy (non-hydrogen) atoms. The standard InChI is InChI=1S/C38H22N8/c1-22-42-23(2)44-38(43-22)31-18-37(46-33-10-6-4-8-28(33)30-14-12-25(20-40)16-35(30)46)36(17-26(31)21-41)45-32-9-5-3-7-27(32)29-13-11-24(19-39)15-34(29)45/h3-18H,1-2H3. The number of nitriles is 3. The predicted octanol–water partition coefficient (Wildman–Crippen LogP) is 7.96. The summed E-state index contributed by atoms with van der Waals surface area (Å²) in [6, 6.07) is 38.4. The van der Waals surface area contributed by atoms with Crippen LogP contribution < -0.4 is 0 Å². The minimum Gasteiger partial charge on any atom is -0.307 e. The number of fused-ring (bicyclic) bond motifs is 6. The predicted molar refractivity (Wildman–Crippen MR) is 178 cm³/mol. The molecular weight excluding hydrogens is 568 g/mol. The quantitative estimate of drug-likeness (QED) is 0.206. The van der Waals surface area contributed by atoms with Crippen LogP contribution in [0.15, 0.2) is 97.1 Å². The van der Waals surface area contributed by atoms with Crippen LogP contribution in [0.4, 0.5) is 0 Å². The number of nitrogens with zero attached hydrogens (tertiary/aromatic N) is 8. The van der Waals surface area contributed by atoms with Gasteiger partial charge in [-0.2, -0.15) is 15.8 Å². The molecule has 0 saturated heterocycles. The maximum Gasteiger partial charge on any atom is 0.164 e. The average molecular weight is 591 g/mol. The van der Waals surface area contributed by atoms with E-state index < -0.39 is 0 Å². The Morgan fingerprint density at radius 2 is 0.978 bits per heavy atom. The van der Waals surface area contributed by atoms with E-state index in [0.717, 1.165) is 55.0 Å². The fraction of sp³-hybridized carbons (Fsp3) is 0.0526. The molecule has 8 aromatic rings. The molecule has 0 saturated carbocycles. The van der Waals surface area contributed by atoms with Crippen molar-refractivity contribution in [2.24, 2.45) is 0 Å². The van der Waals surface area contributed by atoms with Crippen LogP contribution in [0.5, 0.6) is 0 Å². The second kappa shape index (κ2) is 10.1. The molecule has 0 unspecified atom stereocenters. The third-order valence-corrected chi connectivity index (χ3v) is 8.42. The summed E-state index contributed by atoms with van der Waals surface area (Å²) in [5.74, 6) is 1.51. The van der Waals surface area contributed by atoms with Crippen molar-refractivity contribution >= 4 is 43.6 Å². The first kappa shape index (κ1) is 26.8. The highest BCUT2D eigenvalue weighted by molar-refractivity contribution is 6.12. The largest absolute Gasteiger partial charge is 0.307 e. The Balaban J connectivity index is 1.60. The first-order valence-electron chi connectivity index (χ1n) is 14.6. The molecule has 0 bridgehead atoms. The van der Waals surface area contributed by atoms with Crippen molar-refractivity contribution in [2.45, 2.75) is 13.8 Å². The fourth-order valence-electron chi connectivity index (χ4n) is 6.55. The summed E-state index contributed by atoms with van der Waals surface area (Å²) in [6.07, 6.45) is 0. The molecule has 0 fully saturated rings. The van der Waals surface area contributed by atoms with Gasteiger partial charge in [-0.25, -0.2) is 15.0 Å². The molecule has 0 amide bonds. The Morgan fingerprint density at radius 1 is 0.500 bits per heavy atom. The molecule has 3 aromatic heterocycles. The van der Waals surface area contributed by atoms with Gasteiger partial charge in [-0.05, 0) is 62.4 Å². The van der Waals surface area contributed by atoms with Crippen LogP contribution in [0, 0.1) is 47.8 Å². The van der Waals surface area contributed by atoms with Gasteiger partial charge in [0.2, 0.25) is 0 Å². The lowest BCUT2D eigenvalue weighted by Crippen LogP contribution is -2.07. The summed E-state index contributed by atoms with van der Waals surface area (Å²) in [7, 11) is 0. The lowest BCUT2D eigenvalue weighted by atomic mass is 10.0. The Kier molecular flexibility index (Phi) is 5.90. The van der Waals surface area contributed by atoms with E-state index in [-0.39, 0.29) is 0 Å². The smallest absolute Gasteiger partial charge is 0.164 e. The third-order valence-electron chi connectivity index (χ3n) is 8.42. The van der Waals surface area contributed by atoms with Crippen LogP contribution >= 0.6 is 0 Å². The summed E-state index contributed by atoms with van der Waals surface area (Å²) in [4.78, 5) is 13.6. The molecule has 0 aliphatic heterocycles. The number of aryl methyl sites for hydroxylation is 2. The molecule has 8 rings (SSSR count). The lowest BCUT2D eigenvalue weighted by Gasteiger charge is -2.19. The molecule has 0 aliphatic carbocycles. The molecule has 8 nitrogen and oxygen atoms in total. The van der Waals surface area contributed by atoms with Gasteiger partial charge in [0.25, 0.3) is 0 Å². The Morgan fingerprint density at radius 3 is 1.48 bits per heavy atom. The number of para-hydroxylation sites is 2. The molecule has 0 atom stereocenters. The summed E-state index contributed by atoms with van der Waals surface area (Å²) in [6.45, 7) is 3.61. The van der Waals surface area contributed by atoms with Gasteiger partial charge in [-0.15, -0.1) is 0 Å². The number of rotatable bonds is 3. The maximum absolute atomic E-state index is 10.6. The van der Waals surface area contributed by atoms with Gasteiger partial charge in [0.05, 0.1) is 68.3 Å². The normalized spacial score (nSPS) is 11.2. The molecule has 0 aliphatic rings. The zero-order valence-corrected chi connectivity index (χ0v) is 24.8. The number of aromatic nitrogens is 5. The second-order valence-corrected chi connectivity index (χ2v) is 11.1. The maximum atomic E-state index is 10.6. The van der Waals surface area contributed by atoms with E-state index in [1.54, 1.807) is 13.8 Å².